The number of rotatable bonds is 0. The van der Waals surface area contributed by atoms with Crippen molar-refractivity contribution in [1.29, 1.82) is 0 Å². The van der Waals surface area contributed by atoms with Gasteiger partial charge >= 0.3 is 0 Å². The molecule has 1 aliphatic rings. The van der Waals surface area contributed by atoms with Gasteiger partial charge in [0.15, 0.2) is 0 Å². The summed E-state index contributed by atoms with van der Waals surface area (Å²) in [5.41, 5.74) is 9.30. The molecule has 1 aliphatic carbocycles. The van der Waals surface area contributed by atoms with Crippen LogP contribution in [0.3, 0.4) is 0 Å². The van der Waals surface area contributed by atoms with Crippen LogP contribution in [0.15, 0.2) is 22.9 Å². The highest BCUT2D eigenvalue weighted by Gasteiger charge is 2.13. The summed E-state index contributed by atoms with van der Waals surface area (Å²) >= 11 is 0. The Kier molecular flexibility index (Phi) is 1.35. The van der Waals surface area contributed by atoms with Crippen LogP contribution in [0, 0.1) is 5.92 Å². The fourth-order valence-electron chi connectivity index (χ4n) is 1.09. The van der Waals surface area contributed by atoms with E-state index in [9.17, 15) is 0 Å². The fraction of sp³-hybridized carbons (Fsp3) is 0.500. The second-order valence-electron chi connectivity index (χ2n) is 2.72. The summed E-state index contributed by atoms with van der Waals surface area (Å²) in [6.45, 7) is 6.37. The van der Waals surface area contributed by atoms with Gasteiger partial charge in [-0.05, 0) is 25.3 Å². The Morgan fingerprint density at radius 3 is 2.11 bits per heavy atom. The Morgan fingerprint density at radius 2 is 2.00 bits per heavy atom. The van der Waals surface area contributed by atoms with Gasteiger partial charge in [0.25, 0.3) is 0 Å². The number of nitrogens with two attached hydrogens (primary N) is 1. The summed E-state index contributed by atoms with van der Waals surface area (Å²) in [6.07, 6.45) is 2.10. The molecule has 1 rings (SSSR count). The molecule has 0 heterocycles. The molecule has 0 saturated heterocycles. The molecule has 2 N–H and O–H groups in total. The van der Waals surface area contributed by atoms with E-state index in [1.807, 2.05) is 0 Å². The van der Waals surface area contributed by atoms with Crippen molar-refractivity contribution in [3.05, 3.63) is 22.9 Å². The maximum absolute atomic E-state index is 5.66. The highest BCUT2D eigenvalue weighted by molar-refractivity contribution is 5.39. The lowest BCUT2D eigenvalue weighted by atomic mass is 10.1. The lowest BCUT2D eigenvalue weighted by Gasteiger charge is -1.99. The van der Waals surface area contributed by atoms with Crippen molar-refractivity contribution in [1.82, 2.24) is 0 Å². The van der Waals surface area contributed by atoms with Gasteiger partial charge in [-0.15, -0.1) is 0 Å². The first-order valence-electron chi connectivity index (χ1n) is 3.28. The Hall–Kier alpha value is -0.720. The van der Waals surface area contributed by atoms with Gasteiger partial charge in [-0.2, -0.15) is 0 Å². The second kappa shape index (κ2) is 1.90. The maximum Gasteiger partial charge on any atom is 0.0308 e. The monoisotopic (exact) mass is 123 g/mol. The van der Waals surface area contributed by atoms with Crippen LogP contribution in [0.2, 0.25) is 0 Å². The van der Waals surface area contributed by atoms with Crippen molar-refractivity contribution < 1.29 is 0 Å². The van der Waals surface area contributed by atoms with Gasteiger partial charge in [0, 0.05) is 5.70 Å². The summed E-state index contributed by atoms with van der Waals surface area (Å²) in [7, 11) is 0. The van der Waals surface area contributed by atoms with Crippen LogP contribution in [0.5, 0.6) is 0 Å². The van der Waals surface area contributed by atoms with E-state index in [0.29, 0.717) is 5.92 Å². The zero-order valence-electron chi connectivity index (χ0n) is 6.23. The van der Waals surface area contributed by atoms with Gasteiger partial charge in [0.05, 0.1) is 0 Å². The molecule has 1 nitrogen and oxygen atoms in total. The third-order valence-corrected chi connectivity index (χ3v) is 2.14. The van der Waals surface area contributed by atoms with Crippen LogP contribution in [0.25, 0.3) is 0 Å². The standard InChI is InChI=1S/C8H13N/c1-5-4-8(9)7(3)6(5)2/h4-5H,9H2,1-3H3. The number of allylic oxidation sites excluding steroid dienone is 3. The Morgan fingerprint density at radius 1 is 1.44 bits per heavy atom. The minimum atomic E-state index is 0.560. The minimum absolute atomic E-state index is 0.560. The van der Waals surface area contributed by atoms with E-state index in [1.54, 1.807) is 0 Å². The number of hydrogen-bond donors (Lipinski definition) is 1. The molecular weight excluding hydrogens is 110 g/mol. The van der Waals surface area contributed by atoms with Crippen molar-refractivity contribution >= 4 is 0 Å². The lowest BCUT2D eigenvalue weighted by Crippen LogP contribution is -1.94. The highest BCUT2D eigenvalue weighted by Crippen LogP contribution is 2.26. The molecule has 1 atom stereocenters. The molecular formula is C8H13N. The van der Waals surface area contributed by atoms with Crippen LogP contribution in [-0.4, -0.2) is 0 Å². The first-order valence-corrected chi connectivity index (χ1v) is 3.28. The molecule has 1 heteroatoms. The van der Waals surface area contributed by atoms with Crippen molar-refractivity contribution in [3.63, 3.8) is 0 Å². The quantitative estimate of drug-likeness (QED) is 0.522. The molecule has 0 amide bonds. The van der Waals surface area contributed by atoms with E-state index < -0.39 is 0 Å². The van der Waals surface area contributed by atoms with E-state index in [2.05, 4.69) is 26.8 Å². The van der Waals surface area contributed by atoms with Gasteiger partial charge in [-0.3, -0.25) is 0 Å². The molecule has 0 aromatic carbocycles. The van der Waals surface area contributed by atoms with Gasteiger partial charge in [-0.25, -0.2) is 0 Å². The minimum Gasteiger partial charge on any atom is -0.399 e. The van der Waals surface area contributed by atoms with Crippen molar-refractivity contribution in [2.45, 2.75) is 20.8 Å². The van der Waals surface area contributed by atoms with E-state index in [0.717, 1.165) is 5.70 Å². The topological polar surface area (TPSA) is 26.0 Å². The second-order valence-corrected chi connectivity index (χ2v) is 2.72. The van der Waals surface area contributed by atoms with E-state index in [1.165, 1.54) is 11.1 Å². The summed E-state index contributed by atoms with van der Waals surface area (Å²) in [5.74, 6) is 0.560. The number of hydrogen-bond acceptors (Lipinski definition) is 1. The molecule has 0 aromatic rings. The summed E-state index contributed by atoms with van der Waals surface area (Å²) in [5, 5.41) is 0. The summed E-state index contributed by atoms with van der Waals surface area (Å²) in [4.78, 5) is 0. The maximum atomic E-state index is 5.66. The molecule has 0 fully saturated rings. The average Bonchev–Trinajstić information content (AvgIpc) is 1.98. The molecule has 0 saturated carbocycles. The largest absolute Gasteiger partial charge is 0.399 e. The molecule has 0 bridgehead atoms. The fourth-order valence-corrected chi connectivity index (χ4v) is 1.09. The Bertz CT molecular complexity index is 187. The van der Waals surface area contributed by atoms with Gasteiger partial charge in [-0.1, -0.05) is 18.6 Å². The van der Waals surface area contributed by atoms with Gasteiger partial charge in [0.1, 0.15) is 0 Å². The molecule has 0 aromatic heterocycles. The predicted molar refractivity (Wildman–Crippen MR) is 39.8 cm³/mol. The van der Waals surface area contributed by atoms with Crippen LogP contribution < -0.4 is 5.73 Å². The Balaban J connectivity index is 2.97. The van der Waals surface area contributed by atoms with E-state index in [-0.39, 0.29) is 0 Å². The molecule has 0 aliphatic heterocycles. The van der Waals surface area contributed by atoms with Crippen LogP contribution >= 0.6 is 0 Å². The molecule has 0 spiro atoms. The van der Waals surface area contributed by atoms with Crippen LogP contribution in [-0.2, 0) is 0 Å². The molecule has 0 radical (unpaired) electrons. The summed E-state index contributed by atoms with van der Waals surface area (Å²) < 4.78 is 0. The average molecular weight is 123 g/mol. The normalized spacial score (nSPS) is 27.0. The first kappa shape index (κ1) is 6.40. The molecule has 1 unspecified atom stereocenters. The third-order valence-electron chi connectivity index (χ3n) is 2.14. The smallest absolute Gasteiger partial charge is 0.0308 e. The predicted octanol–water partition coefficient (Wildman–Crippen LogP) is 1.82. The zero-order valence-corrected chi connectivity index (χ0v) is 6.23. The summed E-state index contributed by atoms with van der Waals surface area (Å²) in [6, 6.07) is 0. The van der Waals surface area contributed by atoms with Crippen molar-refractivity contribution in [2.24, 2.45) is 11.7 Å². The molecule has 50 valence electrons. The first-order chi connectivity index (χ1) is 4.13. The van der Waals surface area contributed by atoms with Gasteiger partial charge < -0.3 is 5.73 Å². The van der Waals surface area contributed by atoms with Crippen LogP contribution in [0.1, 0.15) is 20.8 Å². The zero-order chi connectivity index (χ0) is 7.02. The van der Waals surface area contributed by atoms with Crippen LogP contribution in [0.4, 0.5) is 0 Å². The molecule has 9 heavy (non-hydrogen) atoms. The lowest BCUT2D eigenvalue weighted by molar-refractivity contribution is 0.875. The van der Waals surface area contributed by atoms with E-state index >= 15 is 0 Å². The van der Waals surface area contributed by atoms with E-state index in [4.69, 9.17) is 5.73 Å². The van der Waals surface area contributed by atoms with Crippen molar-refractivity contribution in [3.8, 4) is 0 Å². The SMILES string of the molecule is CC1=C(C)C(C)C=C1N. The third kappa shape index (κ3) is 0.869. The van der Waals surface area contributed by atoms with Gasteiger partial charge in [0.2, 0.25) is 0 Å². The Labute approximate surface area is 56.2 Å². The van der Waals surface area contributed by atoms with Crippen molar-refractivity contribution in [2.75, 3.05) is 0 Å². The highest BCUT2D eigenvalue weighted by atomic mass is 14.6.